The Kier molecular flexibility index (Phi) is 3.36. The first-order chi connectivity index (χ1) is 4.48. The van der Waals surface area contributed by atoms with Gasteiger partial charge in [-0.2, -0.15) is 0 Å². The van der Waals surface area contributed by atoms with Crippen molar-refractivity contribution >= 4 is 5.84 Å². The maximum atomic E-state index is 5.35. The first kappa shape index (κ1) is 9.43. The van der Waals surface area contributed by atoms with Crippen molar-refractivity contribution in [1.82, 2.24) is 0 Å². The van der Waals surface area contributed by atoms with Crippen LogP contribution in [0.15, 0.2) is 4.99 Å². The molecule has 0 aromatic heterocycles. The van der Waals surface area contributed by atoms with Gasteiger partial charge in [0.25, 0.3) is 0 Å². The Hall–Kier alpha value is -0.570. The van der Waals surface area contributed by atoms with Gasteiger partial charge in [-0.25, -0.2) is 0 Å². The van der Waals surface area contributed by atoms with Crippen LogP contribution in [0.5, 0.6) is 0 Å². The Morgan fingerprint density at radius 3 is 2.40 bits per heavy atom. The van der Waals surface area contributed by atoms with Crippen LogP contribution >= 0.6 is 0 Å². The standard InChI is InChI=1S/C7H16N2O/c1-6(8)9-5-7(2,3)10-4/h5H2,1-4H3,(H2,8,9). The Labute approximate surface area is 62.3 Å². The fraction of sp³-hybridized carbons (Fsp3) is 0.857. The van der Waals surface area contributed by atoms with Crippen molar-refractivity contribution in [3.63, 3.8) is 0 Å². The van der Waals surface area contributed by atoms with Gasteiger partial charge < -0.3 is 10.5 Å². The molecule has 0 aromatic rings. The Bertz CT molecular complexity index is 126. The van der Waals surface area contributed by atoms with Crippen molar-refractivity contribution in [1.29, 1.82) is 0 Å². The third-order valence-electron chi connectivity index (χ3n) is 1.26. The summed E-state index contributed by atoms with van der Waals surface area (Å²) in [6.07, 6.45) is 0. The maximum absolute atomic E-state index is 5.35. The van der Waals surface area contributed by atoms with Gasteiger partial charge >= 0.3 is 0 Å². The number of methoxy groups -OCH3 is 1. The quantitative estimate of drug-likeness (QED) is 0.470. The van der Waals surface area contributed by atoms with E-state index in [1.54, 1.807) is 14.0 Å². The number of hydrogen-bond donors (Lipinski definition) is 1. The highest BCUT2D eigenvalue weighted by molar-refractivity contribution is 5.77. The maximum Gasteiger partial charge on any atom is 0.0906 e. The van der Waals surface area contributed by atoms with Gasteiger partial charge in [-0.1, -0.05) is 0 Å². The second-order valence-corrected chi connectivity index (χ2v) is 2.92. The number of hydrogen-bond acceptors (Lipinski definition) is 2. The summed E-state index contributed by atoms with van der Waals surface area (Å²) >= 11 is 0. The van der Waals surface area contributed by atoms with E-state index in [1.807, 2.05) is 13.8 Å². The Balaban J connectivity index is 3.78. The second-order valence-electron chi connectivity index (χ2n) is 2.92. The third kappa shape index (κ3) is 4.32. The van der Waals surface area contributed by atoms with Gasteiger partial charge in [-0.05, 0) is 20.8 Å². The number of aliphatic imine (C=N–C) groups is 1. The molecule has 0 amide bonds. The lowest BCUT2D eigenvalue weighted by Gasteiger charge is -2.19. The summed E-state index contributed by atoms with van der Waals surface area (Å²) < 4.78 is 5.13. The molecule has 0 fully saturated rings. The smallest absolute Gasteiger partial charge is 0.0906 e. The molecule has 0 saturated heterocycles. The highest BCUT2D eigenvalue weighted by Gasteiger charge is 2.14. The highest BCUT2D eigenvalue weighted by Crippen LogP contribution is 2.06. The van der Waals surface area contributed by atoms with Crippen molar-refractivity contribution in [3.05, 3.63) is 0 Å². The zero-order chi connectivity index (χ0) is 8.20. The van der Waals surface area contributed by atoms with Crippen LogP contribution in [0.1, 0.15) is 20.8 Å². The predicted molar refractivity (Wildman–Crippen MR) is 43.3 cm³/mol. The SMILES string of the molecule is COC(C)(C)CN=C(C)N. The monoisotopic (exact) mass is 144 g/mol. The topological polar surface area (TPSA) is 47.6 Å². The predicted octanol–water partition coefficient (Wildman–Crippen LogP) is 0.788. The Morgan fingerprint density at radius 1 is 1.60 bits per heavy atom. The first-order valence-corrected chi connectivity index (χ1v) is 3.29. The molecule has 10 heavy (non-hydrogen) atoms. The summed E-state index contributed by atoms with van der Waals surface area (Å²) in [4.78, 5) is 4.04. The fourth-order valence-electron chi connectivity index (χ4n) is 0.380. The molecule has 0 unspecified atom stereocenters. The summed E-state index contributed by atoms with van der Waals surface area (Å²) in [5.41, 5.74) is 5.15. The van der Waals surface area contributed by atoms with E-state index < -0.39 is 0 Å². The number of ether oxygens (including phenoxy) is 1. The molecule has 60 valence electrons. The van der Waals surface area contributed by atoms with E-state index in [9.17, 15) is 0 Å². The van der Waals surface area contributed by atoms with Crippen LogP contribution in [0, 0.1) is 0 Å². The van der Waals surface area contributed by atoms with Crippen LogP contribution in [0.25, 0.3) is 0 Å². The summed E-state index contributed by atoms with van der Waals surface area (Å²) in [7, 11) is 1.67. The minimum absolute atomic E-state index is 0.194. The van der Waals surface area contributed by atoms with Crippen molar-refractivity contribution in [2.45, 2.75) is 26.4 Å². The van der Waals surface area contributed by atoms with E-state index in [4.69, 9.17) is 10.5 Å². The van der Waals surface area contributed by atoms with E-state index >= 15 is 0 Å². The van der Waals surface area contributed by atoms with Gasteiger partial charge in [-0.3, -0.25) is 4.99 Å². The molecule has 2 N–H and O–H groups in total. The molecule has 0 heterocycles. The molecule has 3 nitrogen and oxygen atoms in total. The second kappa shape index (κ2) is 3.56. The van der Waals surface area contributed by atoms with Crippen molar-refractivity contribution in [2.75, 3.05) is 13.7 Å². The van der Waals surface area contributed by atoms with E-state index in [0.717, 1.165) is 0 Å². The number of nitrogens with zero attached hydrogens (tertiary/aromatic N) is 1. The van der Waals surface area contributed by atoms with Crippen LogP contribution in [0.2, 0.25) is 0 Å². The van der Waals surface area contributed by atoms with Crippen LogP contribution in [-0.2, 0) is 4.74 Å². The van der Waals surface area contributed by atoms with Gasteiger partial charge in [0.15, 0.2) is 0 Å². The molecule has 3 heteroatoms. The largest absolute Gasteiger partial charge is 0.388 e. The molecule has 0 aliphatic heterocycles. The molecule has 0 aliphatic rings. The molecule has 0 aromatic carbocycles. The third-order valence-corrected chi connectivity index (χ3v) is 1.26. The van der Waals surface area contributed by atoms with Crippen LogP contribution in [0.3, 0.4) is 0 Å². The Morgan fingerprint density at radius 2 is 2.10 bits per heavy atom. The average Bonchev–Trinajstić information content (AvgIpc) is 1.85. The van der Waals surface area contributed by atoms with Gasteiger partial charge in [0, 0.05) is 7.11 Å². The summed E-state index contributed by atoms with van der Waals surface area (Å²) in [5, 5.41) is 0. The molecule has 0 rings (SSSR count). The summed E-state index contributed by atoms with van der Waals surface area (Å²) in [6.45, 7) is 6.33. The minimum atomic E-state index is -0.194. The molecular weight excluding hydrogens is 128 g/mol. The molecule has 0 atom stereocenters. The molecule has 0 spiro atoms. The zero-order valence-corrected chi connectivity index (χ0v) is 7.14. The summed E-state index contributed by atoms with van der Waals surface area (Å²) in [6, 6.07) is 0. The van der Waals surface area contributed by atoms with Crippen LogP contribution < -0.4 is 5.73 Å². The van der Waals surface area contributed by atoms with E-state index in [0.29, 0.717) is 12.4 Å². The molecule has 0 saturated carbocycles. The lowest BCUT2D eigenvalue weighted by atomic mass is 10.1. The highest BCUT2D eigenvalue weighted by atomic mass is 16.5. The molecule has 0 radical (unpaired) electrons. The minimum Gasteiger partial charge on any atom is -0.388 e. The van der Waals surface area contributed by atoms with Crippen molar-refractivity contribution in [2.24, 2.45) is 10.7 Å². The molecule has 0 aliphatic carbocycles. The number of rotatable bonds is 3. The van der Waals surface area contributed by atoms with E-state index in [1.165, 1.54) is 0 Å². The molecule has 0 bridgehead atoms. The van der Waals surface area contributed by atoms with Gasteiger partial charge in [0.1, 0.15) is 0 Å². The molecular formula is C7H16N2O. The average molecular weight is 144 g/mol. The van der Waals surface area contributed by atoms with Gasteiger partial charge in [-0.15, -0.1) is 0 Å². The normalized spacial score (nSPS) is 13.8. The van der Waals surface area contributed by atoms with Crippen LogP contribution in [0.4, 0.5) is 0 Å². The van der Waals surface area contributed by atoms with E-state index in [2.05, 4.69) is 4.99 Å². The van der Waals surface area contributed by atoms with Crippen LogP contribution in [-0.4, -0.2) is 25.1 Å². The zero-order valence-electron chi connectivity index (χ0n) is 7.14. The summed E-state index contributed by atoms with van der Waals surface area (Å²) in [5.74, 6) is 0.602. The van der Waals surface area contributed by atoms with Gasteiger partial charge in [0.05, 0.1) is 18.0 Å². The van der Waals surface area contributed by atoms with Gasteiger partial charge in [0.2, 0.25) is 0 Å². The fourth-order valence-corrected chi connectivity index (χ4v) is 0.380. The lowest BCUT2D eigenvalue weighted by molar-refractivity contribution is 0.0311. The lowest BCUT2D eigenvalue weighted by Crippen LogP contribution is -2.27. The first-order valence-electron chi connectivity index (χ1n) is 3.29. The number of amidine groups is 1. The van der Waals surface area contributed by atoms with E-state index in [-0.39, 0.29) is 5.60 Å². The van der Waals surface area contributed by atoms with Crippen molar-refractivity contribution < 1.29 is 4.74 Å². The van der Waals surface area contributed by atoms with Crippen molar-refractivity contribution in [3.8, 4) is 0 Å². The number of nitrogens with two attached hydrogens (primary N) is 1.